The second kappa shape index (κ2) is 1.71. The minimum absolute atomic E-state index is 0.122. The highest BCUT2D eigenvalue weighted by Gasteiger charge is 2.51. The maximum absolute atomic E-state index is 10.8. The van der Waals surface area contributed by atoms with Gasteiger partial charge in [-0.25, -0.2) is 0 Å². The van der Waals surface area contributed by atoms with Crippen LogP contribution in [0.1, 0.15) is 6.42 Å². The lowest BCUT2D eigenvalue weighted by molar-refractivity contribution is -0.131. The van der Waals surface area contributed by atoms with Crippen molar-refractivity contribution in [2.75, 3.05) is 0 Å². The zero-order valence-corrected chi connectivity index (χ0v) is 5.32. The molecule has 56 valence electrons. The highest BCUT2D eigenvalue weighted by Crippen LogP contribution is 2.32. The van der Waals surface area contributed by atoms with Crippen LogP contribution in [0.15, 0.2) is 0 Å². The predicted molar refractivity (Wildman–Crippen MR) is 32.1 cm³/mol. The number of carbonyl (C=O) groups is 1. The van der Waals surface area contributed by atoms with Crippen LogP contribution in [0.3, 0.4) is 0 Å². The molecule has 0 radical (unpaired) electrons. The molecule has 1 saturated carbocycles. The van der Waals surface area contributed by atoms with Gasteiger partial charge in [0.15, 0.2) is 0 Å². The topological polar surface area (TPSA) is 69.6 Å². The summed E-state index contributed by atoms with van der Waals surface area (Å²) in [5.74, 6) is -0.484. The maximum Gasteiger partial charge on any atom is 0.226 e. The fourth-order valence-corrected chi connectivity index (χ4v) is 1.72. The Labute approximate surface area is 57.9 Å². The van der Waals surface area contributed by atoms with E-state index in [-0.39, 0.29) is 17.9 Å². The van der Waals surface area contributed by atoms with E-state index in [2.05, 4.69) is 5.32 Å². The maximum atomic E-state index is 10.8. The molecule has 4 atom stereocenters. The number of fused-ring (bicyclic) bond motifs is 2. The number of rotatable bonds is 0. The standard InChI is InChI=1S/C6H9NO3/c8-4-2-1-3(5(4)9)7-6(2)10/h2-5,8-9H,1H2,(H,7,10)/t2-,3-,4+,5+/m0/s1. The van der Waals surface area contributed by atoms with E-state index >= 15 is 0 Å². The Morgan fingerprint density at radius 3 is 2.50 bits per heavy atom. The van der Waals surface area contributed by atoms with Crippen LogP contribution in [0.25, 0.3) is 0 Å². The molecule has 1 heterocycles. The van der Waals surface area contributed by atoms with E-state index in [9.17, 15) is 4.79 Å². The molecule has 10 heavy (non-hydrogen) atoms. The molecule has 2 rings (SSSR count). The number of nitrogens with one attached hydrogen (secondary N) is 1. The lowest BCUT2D eigenvalue weighted by Gasteiger charge is -2.22. The van der Waals surface area contributed by atoms with Crippen molar-refractivity contribution < 1.29 is 15.0 Å². The highest BCUT2D eigenvalue weighted by molar-refractivity contribution is 5.83. The zero-order chi connectivity index (χ0) is 7.30. The average molecular weight is 143 g/mol. The van der Waals surface area contributed by atoms with Crippen molar-refractivity contribution in [3.63, 3.8) is 0 Å². The molecule has 4 heteroatoms. The number of aliphatic hydroxyl groups excluding tert-OH is 2. The molecular formula is C6H9NO3. The summed E-state index contributed by atoms with van der Waals surface area (Å²) in [6.45, 7) is 0. The fraction of sp³-hybridized carbons (Fsp3) is 0.833. The molecule has 0 aromatic rings. The normalized spacial score (nSPS) is 51.6. The van der Waals surface area contributed by atoms with E-state index in [4.69, 9.17) is 10.2 Å². The molecule has 0 unspecified atom stereocenters. The second-order valence-corrected chi connectivity index (χ2v) is 2.94. The third-order valence-corrected chi connectivity index (χ3v) is 2.35. The van der Waals surface area contributed by atoms with Crippen molar-refractivity contribution in [2.45, 2.75) is 24.7 Å². The van der Waals surface area contributed by atoms with Gasteiger partial charge in [0, 0.05) is 0 Å². The number of piperidine rings is 1. The van der Waals surface area contributed by atoms with Crippen molar-refractivity contribution in [2.24, 2.45) is 5.92 Å². The number of hydrogen-bond acceptors (Lipinski definition) is 3. The predicted octanol–water partition coefficient (Wildman–Crippen LogP) is -1.77. The van der Waals surface area contributed by atoms with E-state index in [1.54, 1.807) is 0 Å². The van der Waals surface area contributed by atoms with Crippen LogP contribution in [0.5, 0.6) is 0 Å². The molecule has 1 amide bonds. The summed E-state index contributed by atoms with van der Waals surface area (Å²) in [4.78, 5) is 10.8. The summed E-state index contributed by atoms with van der Waals surface area (Å²) >= 11 is 0. The van der Waals surface area contributed by atoms with Gasteiger partial charge in [0.2, 0.25) is 5.91 Å². The first-order valence-corrected chi connectivity index (χ1v) is 3.36. The van der Waals surface area contributed by atoms with Crippen LogP contribution < -0.4 is 5.32 Å². The summed E-state index contributed by atoms with van der Waals surface area (Å²) in [6.07, 6.45) is -0.998. The monoisotopic (exact) mass is 143 g/mol. The molecule has 1 aliphatic carbocycles. The smallest absolute Gasteiger partial charge is 0.226 e. The Kier molecular flexibility index (Phi) is 1.04. The third kappa shape index (κ3) is 0.552. The van der Waals surface area contributed by atoms with E-state index in [0.717, 1.165) is 0 Å². The number of aliphatic hydroxyl groups is 2. The van der Waals surface area contributed by atoms with Crippen LogP contribution in [-0.2, 0) is 4.79 Å². The Hall–Kier alpha value is -0.610. The van der Waals surface area contributed by atoms with Gasteiger partial charge in [-0.05, 0) is 6.42 Å². The van der Waals surface area contributed by atoms with Gasteiger partial charge >= 0.3 is 0 Å². The van der Waals surface area contributed by atoms with Crippen molar-refractivity contribution in [3.05, 3.63) is 0 Å². The summed E-state index contributed by atoms with van der Waals surface area (Å²) in [5, 5.41) is 20.9. The summed E-state index contributed by atoms with van der Waals surface area (Å²) < 4.78 is 0. The van der Waals surface area contributed by atoms with E-state index < -0.39 is 12.2 Å². The lowest BCUT2D eigenvalue weighted by Crippen LogP contribution is -2.48. The fourth-order valence-electron chi connectivity index (χ4n) is 1.72. The Balaban J connectivity index is 2.24. The van der Waals surface area contributed by atoms with Crippen LogP contribution in [0, 0.1) is 5.92 Å². The van der Waals surface area contributed by atoms with Crippen LogP contribution in [0.2, 0.25) is 0 Å². The van der Waals surface area contributed by atoms with Gasteiger partial charge in [-0.15, -0.1) is 0 Å². The molecule has 1 saturated heterocycles. The Bertz CT molecular complexity index is 180. The lowest BCUT2D eigenvalue weighted by atomic mass is 10.1. The quantitative estimate of drug-likeness (QED) is 0.375. The van der Waals surface area contributed by atoms with Gasteiger partial charge < -0.3 is 15.5 Å². The van der Waals surface area contributed by atoms with Gasteiger partial charge in [0.05, 0.1) is 18.1 Å². The molecule has 2 bridgehead atoms. The summed E-state index contributed by atoms with van der Waals surface area (Å²) in [7, 11) is 0. The SMILES string of the molecule is O=C1N[C@H]2C[C@H]1[C@@H](O)[C@@H]2O. The summed E-state index contributed by atoms with van der Waals surface area (Å²) in [5.41, 5.74) is 0. The van der Waals surface area contributed by atoms with Gasteiger partial charge in [-0.2, -0.15) is 0 Å². The first-order valence-electron chi connectivity index (χ1n) is 3.36. The first kappa shape index (κ1) is 6.12. The molecule has 1 aliphatic heterocycles. The largest absolute Gasteiger partial charge is 0.390 e. The summed E-state index contributed by atoms with van der Waals surface area (Å²) in [6, 6.07) is -0.201. The molecule has 0 aromatic heterocycles. The number of amides is 1. The second-order valence-electron chi connectivity index (χ2n) is 2.94. The van der Waals surface area contributed by atoms with Crippen LogP contribution in [0.4, 0.5) is 0 Å². The van der Waals surface area contributed by atoms with Gasteiger partial charge in [0.25, 0.3) is 0 Å². The molecule has 4 nitrogen and oxygen atoms in total. The van der Waals surface area contributed by atoms with Crippen molar-refractivity contribution >= 4 is 5.91 Å². The number of hydrogen-bond donors (Lipinski definition) is 3. The van der Waals surface area contributed by atoms with Crippen molar-refractivity contribution in [3.8, 4) is 0 Å². The van der Waals surface area contributed by atoms with Crippen molar-refractivity contribution in [1.82, 2.24) is 5.32 Å². The van der Waals surface area contributed by atoms with Gasteiger partial charge in [-0.3, -0.25) is 4.79 Å². The third-order valence-electron chi connectivity index (χ3n) is 2.35. The first-order chi connectivity index (χ1) is 4.70. The minimum Gasteiger partial charge on any atom is -0.390 e. The van der Waals surface area contributed by atoms with Crippen LogP contribution >= 0.6 is 0 Å². The molecular weight excluding hydrogens is 134 g/mol. The zero-order valence-electron chi connectivity index (χ0n) is 5.32. The Morgan fingerprint density at radius 2 is 2.10 bits per heavy atom. The van der Waals surface area contributed by atoms with Crippen molar-refractivity contribution in [1.29, 1.82) is 0 Å². The Morgan fingerprint density at radius 1 is 1.40 bits per heavy atom. The molecule has 0 spiro atoms. The van der Waals surface area contributed by atoms with Crippen LogP contribution in [-0.4, -0.2) is 34.4 Å². The van der Waals surface area contributed by atoms with Gasteiger partial charge in [-0.1, -0.05) is 0 Å². The molecule has 2 aliphatic rings. The van der Waals surface area contributed by atoms with E-state index in [0.29, 0.717) is 6.42 Å². The highest BCUT2D eigenvalue weighted by atomic mass is 16.3. The molecule has 3 N–H and O–H groups in total. The molecule has 0 aromatic carbocycles. The molecule has 2 fully saturated rings. The minimum atomic E-state index is -0.834. The van der Waals surface area contributed by atoms with E-state index in [1.165, 1.54) is 0 Å². The van der Waals surface area contributed by atoms with E-state index in [1.807, 2.05) is 0 Å². The average Bonchev–Trinajstić information content (AvgIpc) is 2.36. The number of carbonyl (C=O) groups excluding carboxylic acids is 1. The van der Waals surface area contributed by atoms with Gasteiger partial charge in [0.1, 0.15) is 6.10 Å².